The van der Waals surface area contributed by atoms with Crippen LogP contribution >= 0.6 is 11.6 Å². The van der Waals surface area contributed by atoms with Gasteiger partial charge in [0, 0.05) is 39.7 Å². The van der Waals surface area contributed by atoms with Crippen LogP contribution in [0.15, 0.2) is 21.8 Å². The van der Waals surface area contributed by atoms with E-state index in [1.807, 2.05) is 67.5 Å². The molecule has 1 atom stereocenters. The zero-order valence-electron chi connectivity index (χ0n) is 27.1. The molecule has 0 amide bonds. The van der Waals surface area contributed by atoms with Gasteiger partial charge < -0.3 is 14.7 Å². The molecule has 2 aliphatic rings. The average molecular weight is 590 g/mol. The first kappa shape index (κ1) is 31.6. The zero-order valence-corrected chi connectivity index (χ0v) is 27.9. The van der Waals surface area contributed by atoms with E-state index >= 15 is 0 Å². The number of aromatic nitrogens is 2. The van der Waals surface area contributed by atoms with E-state index in [4.69, 9.17) is 26.3 Å². The Morgan fingerprint density at radius 2 is 1.62 bits per heavy atom. The number of allylic oxidation sites excluding steroid dienone is 2. The Morgan fingerprint density at radius 3 is 2.14 bits per heavy atom. The number of hydrogen-bond acceptors (Lipinski definition) is 5. The fourth-order valence-corrected chi connectivity index (χ4v) is 5.74. The molecule has 0 aliphatic carbocycles. The third-order valence-corrected chi connectivity index (χ3v) is 9.34. The lowest BCUT2D eigenvalue weighted by Crippen LogP contribution is -2.34. The van der Waals surface area contributed by atoms with E-state index in [0.717, 1.165) is 44.7 Å². The first-order valence-electron chi connectivity index (χ1n) is 14.5. The third-order valence-electron chi connectivity index (χ3n) is 8.96. The van der Waals surface area contributed by atoms with Gasteiger partial charge in [-0.25, -0.2) is 4.79 Å². The topological polar surface area (TPSA) is 106 Å². The number of aliphatic imine (C=N–C) groups is 2. The molecular weight excluding hydrogens is 546 g/mol. The SMILES string of the molecule is Cc1c(Cl)[nH]c(/C=c2\[nH]/c(=C(/C(=O)OC(C)(C)C)C3=N/C(=C\C4=NC(C)(C#N)C(C)(C)C4)C(C)(C)C3)c(C)c2C)c1C. The molecule has 4 heterocycles. The number of esters is 1. The number of hydrogen-bond donors (Lipinski definition) is 2. The molecule has 2 aromatic heterocycles. The minimum atomic E-state index is -0.797. The molecule has 0 saturated carbocycles. The molecule has 2 N–H and O–H groups in total. The highest BCUT2D eigenvalue weighted by molar-refractivity contribution is 6.41. The van der Waals surface area contributed by atoms with Crippen molar-refractivity contribution < 1.29 is 9.53 Å². The van der Waals surface area contributed by atoms with E-state index in [2.05, 4.69) is 43.7 Å². The Hall–Kier alpha value is -3.37. The van der Waals surface area contributed by atoms with Crippen LogP contribution in [0.1, 0.15) is 96.2 Å². The Morgan fingerprint density at radius 1 is 0.976 bits per heavy atom. The summed E-state index contributed by atoms with van der Waals surface area (Å²) in [6.07, 6.45) is 5.28. The number of rotatable bonds is 4. The fraction of sp³-hybridized carbons (Fsp3) is 0.529. The summed E-state index contributed by atoms with van der Waals surface area (Å²) in [4.78, 5) is 30.5. The molecule has 0 spiro atoms. The maximum Gasteiger partial charge on any atom is 0.342 e. The highest BCUT2D eigenvalue weighted by Crippen LogP contribution is 2.45. The number of nitriles is 1. The number of carbonyl (C=O) groups is 1. The lowest BCUT2D eigenvalue weighted by atomic mass is 9.74. The number of aromatic amines is 2. The predicted molar refractivity (Wildman–Crippen MR) is 171 cm³/mol. The summed E-state index contributed by atoms with van der Waals surface area (Å²) in [6.45, 7) is 24.0. The third kappa shape index (κ3) is 5.66. The number of ether oxygens (including phenoxy) is 1. The normalized spacial score (nSPS) is 23.6. The van der Waals surface area contributed by atoms with E-state index in [1.165, 1.54) is 0 Å². The highest BCUT2D eigenvalue weighted by Gasteiger charge is 2.47. The van der Waals surface area contributed by atoms with Gasteiger partial charge in [0.1, 0.15) is 21.9 Å². The van der Waals surface area contributed by atoms with Gasteiger partial charge in [0.25, 0.3) is 0 Å². The summed E-state index contributed by atoms with van der Waals surface area (Å²) in [7, 11) is 0. The molecule has 0 radical (unpaired) electrons. The van der Waals surface area contributed by atoms with Crippen LogP contribution in [0.5, 0.6) is 0 Å². The van der Waals surface area contributed by atoms with Crippen molar-refractivity contribution in [2.75, 3.05) is 0 Å². The molecule has 7 nitrogen and oxygen atoms in total. The Bertz CT molecular complexity index is 1730. The number of nitrogens with zero attached hydrogens (tertiary/aromatic N) is 3. The Kier molecular flexibility index (Phi) is 7.83. The van der Waals surface area contributed by atoms with Gasteiger partial charge in [-0.1, -0.05) is 39.3 Å². The molecule has 2 aliphatic heterocycles. The summed E-state index contributed by atoms with van der Waals surface area (Å²) < 4.78 is 5.94. The van der Waals surface area contributed by atoms with Crippen molar-refractivity contribution in [1.82, 2.24) is 9.97 Å². The van der Waals surface area contributed by atoms with Gasteiger partial charge in [0.15, 0.2) is 0 Å². The van der Waals surface area contributed by atoms with Gasteiger partial charge in [0.05, 0.1) is 17.1 Å². The number of nitrogens with one attached hydrogen (secondary N) is 2. The zero-order chi connectivity index (χ0) is 31.6. The highest BCUT2D eigenvalue weighted by atomic mass is 35.5. The fourth-order valence-electron chi connectivity index (χ4n) is 5.50. The smallest absolute Gasteiger partial charge is 0.342 e. The molecule has 42 heavy (non-hydrogen) atoms. The van der Waals surface area contributed by atoms with Crippen molar-refractivity contribution in [2.45, 2.75) is 107 Å². The van der Waals surface area contributed by atoms with Gasteiger partial charge in [-0.15, -0.1) is 0 Å². The lowest BCUT2D eigenvalue weighted by Gasteiger charge is -2.29. The average Bonchev–Trinajstić information content (AvgIpc) is 3.46. The van der Waals surface area contributed by atoms with Gasteiger partial charge in [0.2, 0.25) is 0 Å². The van der Waals surface area contributed by atoms with Crippen LogP contribution in [0.2, 0.25) is 5.15 Å². The van der Waals surface area contributed by atoms with E-state index in [1.54, 1.807) is 0 Å². The van der Waals surface area contributed by atoms with Crippen LogP contribution in [-0.4, -0.2) is 38.5 Å². The molecule has 4 rings (SSSR count). The van der Waals surface area contributed by atoms with Gasteiger partial charge >= 0.3 is 5.97 Å². The monoisotopic (exact) mass is 589 g/mol. The summed E-state index contributed by atoms with van der Waals surface area (Å²) in [5.41, 5.74) is 5.69. The summed E-state index contributed by atoms with van der Waals surface area (Å²) in [5.74, 6) is -0.416. The molecule has 0 fully saturated rings. The quantitative estimate of drug-likeness (QED) is 0.400. The first-order chi connectivity index (χ1) is 19.2. The molecule has 0 aromatic carbocycles. The molecular formula is C34H44ClN5O2. The molecule has 1 unspecified atom stereocenters. The number of carbonyl (C=O) groups excluding carboxylic acids is 1. The van der Waals surface area contributed by atoms with Crippen LogP contribution < -0.4 is 10.7 Å². The second-order valence-corrected chi connectivity index (χ2v) is 14.7. The van der Waals surface area contributed by atoms with Gasteiger partial charge in [-0.05, 0) is 96.2 Å². The van der Waals surface area contributed by atoms with Crippen molar-refractivity contribution in [3.8, 4) is 6.07 Å². The van der Waals surface area contributed by atoms with Crippen molar-refractivity contribution in [3.63, 3.8) is 0 Å². The predicted octanol–water partition coefficient (Wildman–Crippen LogP) is 6.46. The molecule has 8 heteroatoms. The second-order valence-electron chi connectivity index (χ2n) is 14.3. The van der Waals surface area contributed by atoms with Crippen LogP contribution in [0.25, 0.3) is 11.6 Å². The van der Waals surface area contributed by atoms with E-state index in [-0.39, 0.29) is 10.8 Å². The van der Waals surface area contributed by atoms with Crippen LogP contribution in [0.3, 0.4) is 0 Å². The molecule has 224 valence electrons. The maximum atomic E-state index is 13.9. The standard InChI is InChI=1S/C34H44ClN5O2/c1-18-20(3)28(38-23(18)14-24-19(2)21(4)29(35)39-24)27(30(41)42-31(5,6)7)25-16-32(8,9)26(37-25)13-22-15-33(10,11)34(12,17-36)40-22/h13-14,38-39H,15-16H2,1-12H3/b23-14-,26-13-,28-27+. The van der Waals surface area contributed by atoms with Crippen LogP contribution in [0, 0.1) is 49.9 Å². The van der Waals surface area contributed by atoms with Crippen molar-refractivity contribution in [2.24, 2.45) is 20.8 Å². The first-order valence-corrected chi connectivity index (χ1v) is 14.9. The number of halogens is 1. The summed E-state index contributed by atoms with van der Waals surface area (Å²) in [6, 6.07) is 2.40. The van der Waals surface area contributed by atoms with E-state index in [9.17, 15) is 10.1 Å². The van der Waals surface area contributed by atoms with Crippen molar-refractivity contribution in [1.29, 1.82) is 5.26 Å². The van der Waals surface area contributed by atoms with Gasteiger partial charge in [-0.3, -0.25) is 9.98 Å². The molecule has 0 saturated heterocycles. The van der Waals surface area contributed by atoms with Gasteiger partial charge in [-0.2, -0.15) is 5.26 Å². The van der Waals surface area contributed by atoms with Crippen LogP contribution in [-0.2, 0) is 9.53 Å². The van der Waals surface area contributed by atoms with E-state index < -0.39 is 17.1 Å². The molecule has 0 bridgehead atoms. The lowest BCUT2D eigenvalue weighted by molar-refractivity contribution is -0.147. The summed E-state index contributed by atoms with van der Waals surface area (Å²) >= 11 is 6.36. The Labute approximate surface area is 254 Å². The van der Waals surface area contributed by atoms with Crippen molar-refractivity contribution in [3.05, 3.63) is 55.6 Å². The minimum absolute atomic E-state index is 0.288. The van der Waals surface area contributed by atoms with Crippen LogP contribution in [0.4, 0.5) is 0 Å². The number of H-pyrrole nitrogens is 2. The second kappa shape index (κ2) is 10.4. The van der Waals surface area contributed by atoms with Crippen molar-refractivity contribution >= 4 is 40.6 Å². The summed E-state index contributed by atoms with van der Waals surface area (Å²) in [5, 5.41) is 12.0. The molecule has 2 aromatic rings. The Balaban J connectivity index is 1.94. The largest absolute Gasteiger partial charge is 0.456 e. The maximum absolute atomic E-state index is 13.9. The minimum Gasteiger partial charge on any atom is -0.456 e. The van der Waals surface area contributed by atoms with E-state index in [0.29, 0.717) is 34.6 Å².